The number of hydrogen-bond acceptors (Lipinski definition) is 8. The minimum absolute atomic E-state index is 0.0199. The zero-order valence-electron chi connectivity index (χ0n) is 17.1. The Balaban J connectivity index is 1.23. The van der Waals surface area contributed by atoms with Gasteiger partial charge in [-0.2, -0.15) is 0 Å². The van der Waals surface area contributed by atoms with E-state index >= 15 is 0 Å². The van der Waals surface area contributed by atoms with Crippen LogP contribution in [0.15, 0.2) is 18.2 Å². The van der Waals surface area contributed by atoms with Gasteiger partial charge in [0.05, 0.1) is 26.4 Å². The molecule has 3 heterocycles. The standard InChI is InChI=1S/C20H26N4O7/c25-18(21-3-4-23-5-8-28-9-6-23)19(26)22-12-17-24(7-10-29-17)20(27)14-1-2-15-16(11-14)31-13-30-15/h1-2,11,17H,3-10,12-13H2,(H,21,25)(H,22,26)/t17-/m0/s1. The first-order chi connectivity index (χ1) is 15.1. The third-order valence-electron chi connectivity index (χ3n) is 5.33. The summed E-state index contributed by atoms with van der Waals surface area (Å²) in [5.41, 5.74) is 0.437. The Morgan fingerprint density at radius 2 is 1.74 bits per heavy atom. The molecule has 3 aliphatic rings. The van der Waals surface area contributed by atoms with Crippen LogP contribution in [0.1, 0.15) is 10.4 Å². The van der Waals surface area contributed by atoms with E-state index in [1.807, 2.05) is 0 Å². The summed E-state index contributed by atoms with van der Waals surface area (Å²) >= 11 is 0. The fraction of sp³-hybridized carbons (Fsp3) is 0.550. The van der Waals surface area contributed by atoms with Gasteiger partial charge in [-0.1, -0.05) is 0 Å². The Bertz CT molecular complexity index is 828. The highest BCUT2D eigenvalue weighted by atomic mass is 16.7. The van der Waals surface area contributed by atoms with Gasteiger partial charge in [0.15, 0.2) is 11.5 Å². The normalized spacial score (nSPS) is 20.5. The Hall–Kier alpha value is -2.89. The maximum atomic E-state index is 12.9. The lowest BCUT2D eigenvalue weighted by Crippen LogP contribution is -2.48. The van der Waals surface area contributed by atoms with Crippen molar-refractivity contribution >= 4 is 17.7 Å². The van der Waals surface area contributed by atoms with E-state index in [9.17, 15) is 14.4 Å². The highest BCUT2D eigenvalue weighted by molar-refractivity contribution is 6.35. The number of morpholine rings is 1. The second kappa shape index (κ2) is 9.94. The molecule has 0 bridgehead atoms. The third-order valence-corrected chi connectivity index (χ3v) is 5.33. The van der Waals surface area contributed by atoms with Crippen molar-refractivity contribution < 1.29 is 33.3 Å². The van der Waals surface area contributed by atoms with Gasteiger partial charge in [0, 0.05) is 38.3 Å². The topological polar surface area (TPSA) is 119 Å². The number of carbonyl (C=O) groups excluding carboxylic acids is 3. The van der Waals surface area contributed by atoms with Gasteiger partial charge < -0.3 is 34.5 Å². The van der Waals surface area contributed by atoms with Gasteiger partial charge in [0.2, 0.25) is 6.79 Å². The molecule has 2 N–H and O–H groups in total. The van der Waals surface area contributed by atoms with Crippen molar-refractivity contribution in [2.24, 2.45) is 0 Å². The van der Waals surface area contributed by atoms with Crippen LogP contribution in [0.2, 0.25) is 0 Å². The van der Waals surface area contributed by atoms with E-state index in [2.05, 4.69) is 15.5 Å². The van der Waals surface area contributed by atoms with Crippen LogP contribution in [-0.2, 0) is 19.1 Å². The Morgan fingerprint density at radius 3 is 2.58 bits per heavy atom. The van der Waals surface area contributed by atoms with E-state index in [1.165, 1.54) is 4.90 Å². The number of fused-ring (bicyclic) bond motifs is 1. The smallest absolute Gasteiger partial charge is 0.309 e. The SMILES string of the molecule is O=C(NCCN1CCOCC1)C(=O)NC[C@@H]1OCCN1C(=O)c1ccc2c(c1)OCO2. The lowest BCUT2D eigenvalue weighted by molar-refractivity contribution is -0.139. The van der Waals surface area contributed by atoms with Crippen LogP contribution in [-0.4, -0.2) is 99.6 Å². The quantitative estimate of drug-likeness (QED) is 0.535. The average Bonchev–Trinajstić information content (AvgIpc) is 3.46. The molecule has 11 nitrogen and oxygen atoms in total. The first kappa shape index (κ1) is 21.3. The molecule has 3 amide bonds. The molecule has 168 valence electrons. The number of nitrogens with one attached hydrogen (secondary N) is 2. The van der Waals surface area contributed by atoms with Gasteiger partial charge >= 0.3 is 11.8 Å². The molecule has 3 aliphatic heterocycles. The summed E-state index contributed by atoms with van der Waals surface area (Å²) in [6.07, 6.45) is -0.650. The molecule has 2 saturated heterocycles. The van der Waals surface area contributed by atoms with E-state index in [-0.39, 0.29) is 19.2 Å². The van der Waals surface area contributed by atoms with Crippen molar-refractivity contribution in [3.05, 3.63) is 23.8 Å². The van der Waals surface area contributed by atoms with Crippen LogP contribution in [0, 0.1) is 0 Å². The first-order valence-corrected chi connectivity index (χ1v) is 10.3. The summed E-state index contributed by atoms with van der Waals surface area (Å²) in [6, 6.07) is 4.97. The number of nitrogens with zero attached hydrogens (tertiary/aromatic N) is 2. The van der Waals surface area contributed by atoms with Crippen LogP contribution in [0.4, 0.5) is 0 Å². The van der Waals surface area contributed by atoms with Crippen molar-refractivity contribution in [1.29, 1.82) is 0 Å². The molecule has 0 aromatic heterocycles. The molecule has 4 rings (SSSR count). The predicted molar refractivity (Wildman–Crippen MR) is 107 cm³/mol. The zero-order valence-corrected chi connectivity index (χ0v) is 17.1. The van der Waals surface area contributed by atoms with Crippen LogP contribution in [0.3, 0.4) is 0 Å². The summed E-state index contributed by atoms with van der Waals surface area (Å²) in [7, 11) is 0. The summed E-state index contributed by atoms with van der Waals surface area (Å²) in [4.78, 5) is 40.7. The van der Waals surface area contributed by atoms with E-state index in [1.54, 1.807) is 18.2 Å². The van der Waals surface area contributed by atoms with E-state index in [0.717, 1.165) is 13.1 Å². The van der Waals surface area contributed by atoms with Gasteiger partial charge in [0.25, 0.3) is 5.91 Å². The fourth-order valence-corrected chi connectivity index (χ4v) is 3.61. The van der Waals surface area contributed by atoms with E-state index < -0.39 is 18.0 Å². The van der Waals surface area contributed by atoms with Crippen LogP contribution in [0.25, 0.3) is 0 Å². The minimum Gasteiger partial charge on any atom is -0.454 e. The first-order valence-electron chi connectivity index (χ1n) is 10.3. The van der Waals surface area contributed by atoms with Crippen molar-refractivity contribution in [2.45, 2.75) is 6.23 Å². The Kier molecular flexibility index (Phi) is 6.85. The Labute approximate surface area is 179 Å². The maximum absolute atomic E-state index is 12.9. The third kappa shape index (κ3) is 5.24. The van der Waals surface area contributed by atoms with Crippen LogP contribution in [0.5, 0.6) is 11.5 Å². The van der Waals surface area contributed by atoms with Crippen molar-refractivity contribution in [1.82, 2.24) is 20.4 Å². The van der Waals surface area contributed by atoms with E-state index in [0.29, 0.717) is 56.5 Å². The van der Waals surface area contributed by atoms with Gasteiger partial charge in [-0.05, 0) is 18.2 Å². The molecule has 2 fully saturated rings. The van der Waals surface area contributed by atoms with Gasteiger partial charge in [0.1, 0.15) is 6.23 Å². The molecule has 0 unspecified atom stereocenters. The predicted octanol–water partition coefficient (Wildman–Crippen LogP) is -1.22. The van der Waals surface area contributed by atoms with Crippen molar-refractivity contribution in [3.8, 4) is 11.5 Å². The van der Waals surface area contributed by atoms with Crippen LogP contribution >= 0.6 is 0 Å². The highest BCUT2D eigenvalue weighted by Crippen LogP contribution is 2.33. The fourth-order valence-electron chi connectivity index (χ4n) is 3.61. The highest BCUT2D eigenvalue weighted by Gasteiger charge is 2.32. The molecular formula is C20H26N4O7. The largest absolute Gasteiger partial charge is 0.454 e. The van der Waals surface area contributed by atoms with Crippen molar-refractivity contribution in [2.75, 3.05) is 65.9 Å². The summed E-state index contributed by atoms with van der Waals surface area (Å²) in [5.74, 6) is -0.597. The molecule has 11 heteroatoms. The molecular weight excluding hydrogens is 408 g/mol. The monoisotopic (exact) mass is 434 g/mol. The molecule has 0 aliphatic carbocycles. The number of benzene rings is 1. The Morgan fingerprint density at radius 1 is 0.968 bits per heavy atom. The maximum Gasteiger partial charge on any atom is 0.309 e. The molecule has 0 saturated carbocycles. The number of ether oxygens (including phenoxy) is 4. The van der Waals surface area contributed by atoms with Crippen molar-refractivity contribution in [3.63, 3.8) is 0 Å². The molecule has 31 heavy (non-hydrogen) atoms. The van der Waals surface area contributed by atoms with E-state index in [4.69, 9.17) is 18.9 Å². The summed E-state index contributed by atoms with van der Waals surface area (Å²) in [6.45, 7) is 4.90. The zero-order chi connectivity index (χ0) is 21.6. The van der Waals surface area contributed by atoms with Crippen LogP contribution < -0.4 is 20.1 Å². The van der Waals surface area contributed by atoms with Gasteiger partial charge in [-0.3, -0.25) is 19.3 Å². The number of rotatable bonds is 6. The van der Waals surface area contributed by atoms with Gasteiger partial charge in [-0.15, -0.1) is 0 Å². The molecule has 0 radical (unpaired) electrons. The number of amides is 3. The second-order valence-corrected chi connectivity index (χ2v) is 7.31. The molecule has 1 atom stereocenters. The minimum atomic E-state index is -0.757. The number of hydrogen-bond donors (Lipinski definition) is 2. The molecule has 1 aromatic carbocycles. The number of carbonyl (C=O) groups is 3. The lowest BCUT2D eigenvalue weighted by Gasteiger charge is -2.26. The molecule has 0 spiro atoms. The summed E-state index contributed by atoms with van der Waals surface area (Å²) in [5, 5.41) is 5.15. The molecule has 1 aromatic rings. The summed E-state index contributed by atoms with van der Waals surface area (Å²) < 4.78 is 21.4. The van der Waals surface area contributed by atoms with Gasteiger partial charge in [-0.25, -0.2) is 0 Å². The second-order valence-electron chi connectivity index (χ2n) is 7.31. The average molecular weight is 434 g/mol. The lowest BCUT2D eigenvalue weighted by atomic mass is 10.1.